The largest absolute Gasteiger partial charge is 0.271 e. The molecule has 0 aliphatic rings. The van der Waals surface area contributed by atoms with Crippen LogP contribution in [0.5, 0.6) is 0 Å². The third-order valence-corrected chi connectivity index (χ3v) is 1.28. The van der Waals surface area contributed by atoms with Crippen molar-refractivity contribution in [3.05, 3.63) is 18.3 Å². The van der Waals surface area contributed by atoms with Crippen molar-refractivity contribution in [3.63, 3.8) is 0 Å². The average Bonchev–Trinajstić information content (AvgIpc) is 1.77. The second-order valence-electron chi connectivity index (χ2n) is 1.73. The third kappa shape index (κ3) is 1.31. The summed E-state index contributed by atoms with van der Waals surface area (Å²) in [5, 5.41) is 1.13. The smallest absolute Gasteiger partial charge is 0.163 e. The zero-order valence-electron chi connectivity index (χ0n) is 4.76. The minimum Gasteiger partial charge on any atom is -0.271 e. The summed E-state index contributed by atoms with van der Waals surface area (Å²) in [5.41, 5.74) is 1.07. The molecule has 40 valence electrons. The molecule has 1 atom stereocenters. The fourth-order valence-corrected chi connectivity index (χ4v) is 0.650. The number of hydrogen-bond acceptors (Lipinski definition) is 1. The fourth-order valence-electron chi connectivity index (χ4n) is 0.479. The molecule has 1 aromatic rings. The van der Waals surface area contributed by atoms with Gasteiger partial charge in [0.15, 0.2) is 7.85 Å². The molecule has 0 spiro atoms. The van der Waals surface area contributed by atoms with E-state index in [0.717, 1.165) is 10.9 Å². The van der Waals surface area contributed by atoms with Crippen LogP contribution in [-0.4, -0.2) is 12.8 Å². The van der Waals surface area contributed by atoms with E-state index in [1.54, 1.807) is 0 Å². The molecule has 0 aromatic carbocycles. The van der Waals surface area contributed by atoms with Crippen molar-refractivity contribution in [1.82, 2.24) is 4.98 Å². The Morgan fingerprint density at radius 3 is 2.62 bits per heavy atom. The van der Waals surface area contributed by atoms with E-state index in [9.17, 15) is 0 Å². The molecule has 0 saturated heterocycles. The van der Waals surface area contributed by atoms with Gasteiger partial charge in [-0.2, -0.15) is 0 Å². The molecule has 0 bridgehead atoms. The zero-order valence-corrected chi connectivity index (χ0v) is 5.91. The summed E-state index contributed by atoms with van der Waals surface area (Å²) >= 11 is 0. The molecule has 0 aliphatic carbocycles. The van der Waals surface area contributed by atoms with Gasteiger partial charge in [0.05, 0.1) is 0 Å². The van der Waals surface area contributed by atoms with Gasteiger partial charge >= 0.3 is 0 Å². The third-order valence-electron chi connectivity index (χ3n) is 0.934. The van der Waals surface area contributed by atoms with Gasteiger partial charge < -0.3 is 0 Å². The average molecular weight is 123 g/mol. The SMILES string of the molecule is Bc1ccc(P)cn1. The molecule has 0 radical (unpaired) electrons. The highest BCUT2D eigenvalue weighted by Crippen LogP contribution is 1.80. The quantitative estimate of drug-likeness (QED) is 0.313. The summed E-state index contributed by atoms with van der Waals surface area (Å²) in [5.74, 6) is 0. The lowest BCUT2D eigenvalue weighted by molar-refractivity contribution is 1.42. The minimum absolute atomic E-state index is 1.07. The fraction of sp³-hybridized carbons (Fsp3) is 0. The van der Waals surface area contributed by atoms with Gasteiger partial charge in [0.25, 0.3) is 0 Å². The molecule has 1 heterocycles. The van der Waals surface area contributed by atoms with E-state index in [0.29, 0.717) is 0 Å². The molecule has 8 heavy (non-hydrogen) atoms. The van der Waals surface area contributed by atoms with Crippen LogP contribution in [0.15, 0.2) is 18.3 Å². The monoisotopic (exact) mass is 123 g/mol. The van der Waals surface area contributed by atoms with E-state index in [1.165, 1.54) is 0 Å². The highest BCUT2D eigenvalue weighted by molar-refractivity contribution is 7.27. The van der Waals surface area contributed by atoms with Crippen LogP contribution in [0.2, 0.25) is 0 Å². The summed E-state index contributed by atoms with van der Waals surface area (Å²) in [6.07, 6.45) is 1.83. The van der Waals surface area contributed by atoms with Crippen LogP contribution in [-0.2, 0) is 0 Å². The van der Waals surface area contributed by atoms with E-state index < -0.39 is 0 Å². The Morgan fingerprint density at radius 1 is 1.50 bits per heavy atom. The van der Waals surface area contributed by atoms with Crippen molar-refractivity contribution in [2.45, 2.75) is 0 Å². The van der Waals surface area contributed by atoms with E-state index in [2.05, 4.69) is 14.2 Å². The van der Waals surface area contributed by atoms with Gasteiger partial charge in [0.2, 0.25) is 0 Å². The van der Waals surface area contributed by atoms with E-state index in [4.69, 9.17) is 0 Å². The first kappa shape index (κ1) is 5.78. The Labute approximate surface area is 52.1 Å². The van der Waals surface area contributed by atoms with Crippen molar-refractivity contribution in [1.29, 1.82) is 0 Å². The molecule has 1 aromatic heterocycles. The van der Waals surface area contributed by atoms with Crippen LogP contribution in [0.4, 0.5) is 0 Å². The van der Waals surface area contributed by atoms with Crippen molar-refractivity contribution >= 4 is 28.0 Å². The first-order valence-electron chi connectivity index (χ1n) is 2.47. The first-order chi connectivity index (χ1) is 3.79. The maximum Gasteiger partial charge on any atom is 0.163 e. The van der Waals surface area contributed by atoms with Crippen LogP contribution < -0.4 is 10.9 Å². The number of aromatic nitrogens is 1. The van der Waals surface area contributed by atoms with Gasteiger partial charge in [-0.3, -0.25) is 4.98 Å². The van der Waals surface area contributed by atoms with E-state index in [1.807, 2.05) is 26.2 Å². The lowest BCUT2D eigenvalue weighted by atomic mass is 10.1. The molecule has 0 saturated carbocycles. The van der Waals surface area contributed by atoms with Crippen LogP contribution in [0, 0.1) is 0 Å². The van der Waals surface area contributed by atoms with Gasteiger partial charge in [0.1, 0.15) is 0 Å². The molecule has 0 fully saturated rings. The number of rotatable bonds is 0. The molecule has 0 amide bonds. The summed E-state index contributed by atoms with van der Waals surface area (Å²) < 4.78 is 0. The molecule has 0 N–H and O–H groups in total. The molecular weight excluding hydrogens is 116 g/mol. The molecule has 1 unspecified atom stereocenters. The molecular formula is C5H7BNP. The Kier molecular flexibility index (Phi) is 1.64. The second kappa shape index (κ2) is 2.28. The maximum absolute atomic E-state index is 4.06. The number of hydrogen-bond donors (Lipinski definition) is 0. The van der Waals surface area contributed by atoms with Gasteiger partial charge in [0, 0.05) is 6.20 Å². The highest BCUT2D eigenvalue weighted by atomic mass is 31.0. The van der Waals surface area contributed by atoms with Gasteiger partial charge in [-0.15, -0.1) is 9.24 Å². The topological polar surface area (TPSA) is 12.9 Å². The zero-order chi connectivity index (χ0) is 5.98. The van der Waals surface area contributed by atoms with E-state index >= 15 is 0 Å². The van der Waals surface area contributed by atoms with Crippen LogP contribution in [0.25, 0.3) is 0 Å². The molecule has 3 heteroatoms. The lowest BCUT2D eigenvalue weighted by Crippen LogP contribution is -2.09. The summed E-state index contributed by atoms with van der Waals surface area (Å²) in [6, 6.07) is 4.01. The Morgan fingerprint density at radius 2 is 2.25 bits per heavy atom. The van der Waals surface area contributed by atoms with Crippen LogP contribution in [0.3, 0.4) is 0 Å². The van der Waals surface area contributed by atoms with Crippen molar-refractivity contribution < 1.29 is 0 Å². The Bertz CT molecular complexity index is 151. The van der Waals surface area contributed by atoms with Gasteiger partial charge in [-0.1, -0.05) is 12.1 Å². The first-order valence-corrected chi connectivity index (χ1v) is 3.05. The summed E-state index contributed by atoms with van der Waals surface area (Å²) in [4.78, 5) is 4.06. The van der Waals surface area contributed by atoms with Crippen LogP contribution in [0.1, 0.15) is 0 Å². The van der Waals surface area contributed by atoms with Crippen LogP contribution >= 0.6 is 9.24 Å². The van der Waals surface area contributed by atoms with Crippen molar-refractivity contribution in [3.8, 4) is 0 Å². The molecule has 1 rings (SSSR count). The standard InChI is InChI=1S/C5H7BNP/c6-5-2-1-4(8)3-7-5/h1-3H,6,8H2. The summed E-state index contributed by atoms with van der Waals surface area (Å²) in [6.45, 7) is 0. The maximum atomic E-state index is 4.06. The number of nitrogens with zero attached hydrogens (tertiary/aromatic N) is 1. The van der Waals surface area contributed by atoms with Crippen molar-refractivity contribution in [2.75, 3.05) is 0 Å². The lowest BCUT2D eigenvalue weighted by Gasteiger charge is -1.89. The minimum atomic E-state index is 1.07. The Hall–Kier alpha value is -0.355. The second-order valence-corrected chi connectivity index (χ2v) is 2.40. The van der Waals surface area contributed by atoms with Crippen molar-refractivity contribution in [2.24, 2.45) is 0 Å². The molecule has 1 nitrogen and oxygen atoms in total. The summed E-state index contributed by atoms with van der Waals surface area (Å²) in [7, 11) is 4.57. The number of pyridine rings is 1. The van der Waals surface area contributed by atoms with E-state index in [-0.39, 0.29) is 0 Å². The predicted molar refractivity (Wildman–Crippen MR) is 41.8 cm³/mol. The van der Waals surface area contributed by atoms with Gasteiger partial charge in [-0.05, 0) is 10.9 Å². The Balaban J connectivity index is 3.03. The predicted octanol–water partition coefficient (Wildman–Crippen LogP) is -1.16. The highest BCUT2D eigenvalue weighted by Gasteiger charge is 1.81. The van der Waals surface area contributed by atoms with Gasteiger partial charge in [-0.25, -0.2) is 0 Å². The molecule has 0 aliphatic heterocycles. The normalized spacial score (nSPS) is 9.12.